The lowest BCUT2D eigenvalue weighted by Crippen LogP contribution is -1.98. The average molecular weight is 282 g/mol. The first kappa shape index (κ1) is 13.4. The highest BCUT2D eigenvalue weighted by Crippen LogP contribution is 2.32. The van der Waals surface area contributed by atoms with Crippen molar-refractivity contribution in [3.63, 3.8) is 0 Å². The Morgan fingerprint density at radius 1 is 1.26 bits per heavy atom. The molecule has 0 aliphatic heterocycles. The van der Waals surface area contributed by atoms with Crippen LogP contribution in [0.3, 0.4) is 0 Å². The lowest BCUT2D eigenvalue weighted by Gasteiger charge is -2.11. The highest BCUT2D eigenvalue weighted by atomic mass is 35.5. The van der Waals surface area contributed by atoms with E-state index in [2.05, 4.69) is 9.97 Å². The number of aliphatic hydroxyl groups excluding tert-OH is 1. The van der Waals surface area contributed by atoms with E-state index in [1.165, 1.54) is 13.2 Å². The molecule has 0 aliphatic rings. The number of nitrogen functional groups attached to an aromatic ring is 1. The van der Waals surface area contributed by atoms with Crippen LogP contribution in [0.25, 0.3) is 0 Å². The van der Waals surface area contributed by atoms with Crippen LogP contribution in [0, 0.1) is 0 Å². The number of halogens is 1. The number of hydrogen-bond acceptors (Lipinski definition) is 6. The Labute approximate surface area is 114 Å². The van der Waals surface area contributed by atoms with Gasteiger partial charge in [-0.05, 0) is 17.7 Å². The van der Waals surface area contributed by atoms with Gasteiger partial charge in [0.2, 0.25) is 11.8 Å². The lowest BCUT2D eigenvalue weighted by atomic mass is 10.2. The molecule has 1 heterocycles. The molecule has 0 atom stereocenters. The van der Waals surface area contributed by atoms with Gasteiger partial charge in [-0.25, -0.2) is 4.98 Å². The Balaban J connectivity index is 2.32. The summed E-state index contributed by atoms with van der Waals surface area (Å²) in [4.78, 5) is 7.64. The predicted octanol–water partition coefficient (Wildman–Crippen LogP) is 2.01. The molecule has 6 nitrogen and oxygen atoms in total. The van der Waals surface area contributed by atoms with Crippen LogP contribution >= 0.6 is 11.6 Å². The summed E-state index contributed by atoms with van der Waals surface area (Å²) < 4.78 is 10.7. The Kier molecular flexibility index (Phi) is 4.03. The van der Waals surface area contributed by atoms with Crippen LogP contribution in [-0.2, 0) is 6.61 Å². The Morgan fingerprint density at radius 3 is 2.68 bits per heavy atom. The molecule has 100 valence electrons. The first-order chi connectivity index (χ1) is 9.12. The van der Waals surface area contributed by atoms with Crippen LogP contribution in [0.4, 0.5) is 5.95 Å². The van der Waals surface area contributed by atoms with Crippen LogP contribution in [0.2, 0.25) is 5.15 Å². The van der Waals surface area contributed by atoms with Crippen molar-refractivity contribution in [1.29, 1.82) is 0 Å². The lowest BCUT2D eigenvalue weighted by molar-refractivity contribution is 0.280. The number of methoxy groups -OCH3 is 1. The van der Waals surface area contributed by atoms with Crippen molar-refractivity contribution in [2.75, 3.05) is 12.8 Å². The van der Waals surface area contributed by atoms with E-state index in [1.807, 2.05) is 0 Å². The smallest absolute Gasteiger partial charge is 0.225 e. The number of aliphatic hydroxyl groups is 1. The summed E-state index contributed by atoms with van der Waals surface area (Å²) >= 11 is 5.76. The van der Waals surface area contributed by atoms with Crippen molar-refractivity contribution in [3.05, 3.63) is 35.0 Å². The molecule has 3 N–H and O–H groups in total. The van der Waals surface area contributed by atoms with Gasteiger partial charge in [-0.1, -0.05) is 17.7 Å². The van der Waals surface area contributed by atoms with Gasteiger partial charge in [0.25, 0.3) is 0 Å². The van der Waals surface area contributed by atoms with Crippen molar-refractivity contribution in [3.8, 4) is 17.4 Å². The second-order valence-electron chi connectivity index (χ2n) is 3.63. The molecule has 0 saturated heterocycles. The molecule has 1 aromatic carbocycles. The van der Waals surface area contributed by atoms with Gasteiger partial charge in [0.05, 0.1) is 13.7 Å². The maximum Gasteiger partial charge on any atom is 0.225 e. The van der Waals surface area contributed by atoms with Gasteiger partial charge in [-0.2, -0.15) is 4.98 Å². The zero-order valence-corrected chi connectivity index (χ0v) is 10.9. The van der Waals surface area contributed by atoms with Gasteiger partial charge < -0.3 is 20.3 Å². The number of benzene rings is 1. The molecular weight excluding hydrogens is 270 g/mol. The summed E-state index contributed by atoms with van der Waals surface area (Å²) in [5.74, 6) is 1.15. The quantitative estimate of drug-likeness (QED) is 0.833. The molecule has 19 heavy (non-hydrogen) atoms. The minimum atomic E-state index is -0.0804. The largest absolute Gasteiger partial charge is 0.493 e. The molecule has 2 aromatic rings. The number of hydrogen-bond donors (Lipinski definition) is 2. The fraction of sp³-hybridized carbons (Fsp3) is 0.167. The van der Waals surface area contributed by atoms with Crippen molar-refractivity contribution in [1.82, 2.24) is 9.97 Å². The molecule has 1 aromatic heterocycles. The third kappa shape index (κ3) is 3.24. The van der Waals surface area contributed by atoms with Gasteiger partial charge in [0.1, 0.15) is 5.15 Å². The normalized spacial score (nSPS) is 10.3. The van der Waals surface area contributed by atoms with Crippen LogP contribution in [0.5, 0.6) is 17.4 Å². The van der Waals surface area contributed by atoms with Crippen molar-refractivity contribution in [2.24, 2.45) is 0 Å². The summed E-state index contributed by atoms with van der Waals surface area (Å²) in [5.41, 5.74) is 6.19. The van der Waals surface area contributed by atoms with E-state index in [0.717, 1.165) is 0 Å². The standard InChI is InChI=1S/C12H12ClN3O3/c1-18-9-4-7(6-17)2-3-8(9)19-11-5-10(13)15-12(14)16-11/h2-5,17H,6H2,1H3,(H2,14,15,16). The Hall–Kier alpha value is -2.05. The molecule has 0 unspecified atom stereocenters. The molecule has 0 amide bonds. The third-order valence-corrected chi connectivity index (χ3v) is 2.51. The van der Waals surface area contributed by atoms with Crippen LogP contribution in [0.1, 0.15) is 5.56 Å². The second-order valence-corrected chi connectivity index (χ2v) is 4.02. The minimum Gasteiger partial charge on any atom is -0.493 e. The van der Waals surface area contributed by atoms with Gasteiger partial charge >= 0.3 is 0 Å². The van der Waals surface area contributed by atoms with Gasteiger partial charge in [0, 0.05) is 6.07 Å². The second kappa shape index (κ2) is 5.73. The molecule has 0 saturated carbocycles. The molecule has 2 rings (SSSR count). The molecule has 0 radical (unpaired) electrons. The number of nitrogens with zero attached hydrogens (tertiary/aromatic N) is 2. The third-order valence-electron chi connectivity index (χ3n) is 2.31. The summed E-state index contributed by atoms with van der Waals surface area (Å²) in [6.07, 6.45) is 0. The van der Waals surface area contributed by atoms with E-state index in [4.69, 9.17) is 31.9 Å². The zero-order chi connectivity index (χ0) is 13.8. The van der Waals surface area contributed by atoms with Crippen LogP contribution in [0.15, 0.2) is 24.3 Å². The highest BCUT2D eigenvalue weighted by Gasteiger charge is 2.09. The highest BCUT2D eigenvalue weighted by molar-refractivity contribution is 6.29. The SMILES string of the molecule is COc1cc(CO)ccc1Oc1cc(Cl)nc(N)n1. The van der Waals surface area contributed by atoms with E-state index < -0.39 is 0 Å². The number of nitrogens with two attached hydrogens (primary N) is 1. The minimum absolute atomic E-state index is 0.0217. The summed E-state index contributed by atoms with van der Waals surface area (Å²) in [6.45, 7) is -0.0804. The van der Waals surface area contributed by atoms with Crippen molar-refractivity contribution >= 4 is 17.5 Å². The fourth-order valence-electron chi connectivity index (χ4n) is 1.47. The molecule has 0 aliphatic carbocycles. The molecular formula is C12H12ClN3O3. The van der Waals surface area contributed by atoms with E-state index >= 15 is 0 Å². The van der Waals surface area contributed by atoms with Gasteiger partial charge in [0.15, 0.2) is 11.5 Å². The maximum atomic E-state index is 9.06. The number of rotatable bonds is 4. The number of anilines is 1. The Morgan fingerprint density at radius 2 is 2.05 bits per heavy atom. The van der Waals surface area contributed by atoms with E-state index in [0.29, 0.717) is 17.1 Å². The van der Waals surface area contributed by atoms with Crippen molar-refractivity contribution < 1.29 is 14.6 Å². The van der Waals surface area contributed by atoms with E-state index in [-0.39, 0.29) is 23.6 Å². The topological polar surface area (TPSA) is 90.5 Å². The monoisotopic (exact) mass is 281 g/mol. The molecule has 0 bridgehead atoms. The van der Waals surface area contributed by atoms with Gasteiger partial charge in [-0.3, -0.25) is 0 Å². The van der Waals surface area contributed by atoms with Crippen molar-refractivity contribution in [2.45, 2.75) is 6.61 Å². The summed E-state index contributed by atoms with van der Waals surface area (Å²) in [7, 11) is 1.50. The molecule has 7 heteroatoms. The number of aromatic nitrogens is 2. The molecule has 0 fully saturated rings. The predicted molar refractivity (Wildman–Crippen MR) is 70.4 cm³/mol. The maximum absolute atomic E-state index is 9.06. The summed E-state index contributed by atoms with van der Waals surface area (Å²) in [6, 6.07) is 6.49. The molecule has 0 spiro atoms. The summed E-state index contributed by atoms with van der Waals surface area (Å²) in [5, 5.41) is 9.25. The Bertz CT molecular complexity index is 572. The van der Waals surface area contributed by atoms with Crippen LogP contribution < -0.4 is 15.2 Å². The first-order valence-electron chi connectivity index (χ1n) is 5.38. The fourth-order valence-corrected chi connectivity index (χ4v) is 1.65. The number of ether oxygens (including phenoxy) is 2. The first-order valence-corrected chi connectivity index (χ1v) is 5.76. The van der Waals surface area contributed by atoms with Crippen LogP contribution in [-0.4, -0.2) is 22.2 Å². The average Bonchev–Trinajstić information content (AvgIpc) is 2.38. The van der Waals surface area contributed by atoms with Gasteiger partial charge in [-0.15, -0.1) is 0 Å². The van der Waals surface area contributed by atoms with E-state index in [1.54, 1.807) is 18.2 Å². The van der Waals surface area contributed by atoms with E-state index in [9.17, 15) is 0 Å². The zero-order valence-electron chi connectivity index (χ0n) is 10.1.